The second-order valence-corrected chi connectivity index (χ2v) is 32.2. The van der Waals surface area contributed by atoms with Gasteiger partial charge in [-0.05, 0) is 45.3 Å². The van der Waals surface area contributed by atoms with Gasteiger partial charge in [0.2, 0.25) is 7.35 Å². The lowest BCUT2D eigenvalue weighted by Crippen LogP contribution is -2.75. The molecule has 2 N–H and O–H groups in total. The highest BCUT2D eigenvalue weighted by molar-refractivity contribution is 7.64. The summed E-state index contributed by atoms with van der Waals surface area (Å²) in [6, 6.07) is 1.16. The van der Waals surface area contributed by atoms with Crippen molar-refractivity contribution in [2.75, 3.05) is 0 Å². The standard InChI is InChI=1S/C10H30O3Si4/c1-8-9-10-14(2)13-17(7,15(3,4)11)16(5,6)12/h11-12,14H,8-10H2,1-7H3. The molecule has 0 aliphatic heterocycles. The smallest absolute Gasteiger partial charge is 0.213 e. The summed E-state index contributed by atoms with van der Waals surface area (Å²) in [6.45, 7) is 14.2. The lowest BCUT2D eigenvalue weighted by atomic mass is 10.4. The molecule has 0 amide bonds. The molecule has 0 saturated carbocycles. The molecule has 3 nitrogen and oxygen atoms in total. The monoisotopic (exact) mass is 310 g/mol. The SMILES string of the molecule is CCCC[SiH](C)O[Si](C)([Si](C)(C)O)[Si](C)(C)O. The molecule has 0 heterocycles. The number of unbranched alkanes of at least 4 members (excludes halogenated alkanes) is 1. The quantitative estimate of drug-likeness (QED) is 0.709. The maximum Gasteiger partial charge on any atom is 0.213 e. The van der Waals surface area contributed by atoms with E-state index >= 15 is 0 Å². The molecular formula is C10H30O3Si4. The Hall–Kier alpha value is 0.748. The Morgan fingerprint density at radius 1 is 1.00 bits per heavy atom. The Labute approximate surface area is 111 Å². The van der Waals surface area contributed by atoms with Gasteiger partial charge in [0, 0.05) is 0 Å². The first kappa shape index (κ1) is 17.7. The van der Waals surface area contributed by atoms with Crippen LogP contribution >= 0.6 is 0 Å². The van der Waals surface area contributed by atoms with E-state index < -0.39 is 32.1 Å². The van der Waals surface area contributed by atoms with Crippen molar-refractivity contribution in [1.29, 1.82) is 0 Å². The summed E-state index contributed by atoms with van der Waals surface area (Å²) in [5.41, 5.74) is 0. The summed E-state index contributed by atoms with van der Waals surface area (Å²) < 4.78 is 6.37. The van der Waals surface area contributed by atoms with Crippen LogP contribution in [0.15, 0.2) is 0 Å². The van der Waals surface area contributed by atoms with Crippen molar-refractivity contribution in [1.82, 2.24) is 0 Å². The average molecular weight is 311 g/mol. The van der Waals surface area contributed by atoms with Gasteiger partial charge >= 0.3 is 0 Å². The molecule has 0 radical (unpaired) electrons. The topological polar surface area (TPSA) is 49.7 Å². The maximum atomic E-state index is 10.5. The van der Waals surface area contributed by atoms with Gasteiger partial charge in [0.15, 0.2) is 24.7 Å². The van der Waals surface area contributed by atoms with Crippen molar-refractivity contribution in [3.63, 3.8) is 0 Å². The van der Waals surface area contributed by atoms with Crippen molar-refractivity contribution >= 4 is 32.1 Å². The van der Waals surface area contributed by atoms with E-state index in [9.17, 15) is 9.59 Å². The lowest BCUT2D eigenvalue weighted by Gasteiger charge is -2.44. The summed E-state index contributed by atoms with van der Waals surface area (Å²) in [4.78, 5) is 21.0. The normalized spacial score (nSPS) is 16.1. The van der Waals surface area contributed by atoms with Gasteiger partial charge < -0.3 is 13.7 Å². The van der Waals surface area contributed by atoms with Crippen molar-refractivity contribution < 1.29 is 13.7 Å². The molecule has 0 aromatic rings. The molecule has 0 aromatic carbocycles. The maximum absolute atomic E-state index is 10.5. The van der Waals surface area contributed by atoms with E-state index in [1.807, 2.05) is 26.2 Å². The third kappa shape index (κ3) is 4.73. The Balaban J connectivity index is 4.86. The molecule has 0 spiro atoms. The van der Waals surface area contributed by atoms with Gasteiger partial charge in [-0.3, -0.25) is 0 Å². The van der Waals surface area contributed by atoms with Crippen molar-refractivity contribution in [3.8, 4) is 0 Å². The highest BCUT2D eigenvalue weighted by Crippen LogP contribution is 2.28. The molecule has 17 heavy (non-hydrogen) atoms. The van der Waals surface area contributed by atoms with Crippen molar-refractivity contribution in [2.24, 2.45) is 0 Å². The molecule has 0 aliphatic rings. The van der Waals surface area contributed by atoms with E-state index in [4.69, 9.17) is 4.12 Å². The second-order valence-electron chi connectivity index (χ2n) is 6.22. The third-order valence-electron chi connectivity index (χ3n) is 3.74. The summed E-state index contributed by atoms with van der Waals surface area (Å²) in [5, 5.41) is 0. The van der Waals surface area contributed by atoms with Crippen LogP contribution in [0.2, 0.25) is 45.3 Å². The van der Waals surface area contributed by atoms with Gasteiger partial charge in [-0.2, -0.15) is 0 Å². The summed E-state index contributed by atoms with van der Waals surface area (Å²) >= 11 is 0. The van der Waals surface area contributed by atoms with Gasteiger partial charge in [0.05, 0.1) is 0 Å². The molecule has 0 saturated heterocycles. The van der Waals surface area contributed by atoms with Crippen LogP contribution in [0.4, 0.5) is 0 Å². The van der Waals surface area contributed by atoms with E-state index in [1.54, 1.807) is 0 Å². The predicted molar refractivity (Wildman–Crippen MR) is 84.8 cm³/mol. The Bertz CT molecular complexity index is 221. The zero-order valence-corrected chi connectivity index (χ0v) is 16.7. The molecule has 1 atom stereocenters. The van der Waals surface area contributed by atoms with E-state index in [2.05, 4.69) is 20.0 Å². The minimum atomic E-state index is -2.39. The van der Waals surface area contributed by atoms with E-state index in [0.29, 0.717) is 0 Å². The lowest BCUT2D eigenvalue weighted by molar-refractivity contribution is 0.510. The van der Waals surface area contributed by atoms with Gasteiger partial charge in [0.1, 0.15) is 0 Å². The van der Waals surface area contributed by atoms with Crippen LogP contribution in [-0.4, -0.2) is 41.7 Å². The third-order valence-corrected chi connectivity index (χ3v) is 40.3. The highest BCUT2D eigenvalue weighted by atomic mass is 29.7. The van der Waals surface area contributed by atoms with E-state index in [-0.39, 0.29) is 0 Å². The zero-order valence-electron chi connectivity index (χ0n) is 12.5. The van der Waals surface area contributed by atoms with Crippen LogP contribution in [0.5, 0.6) is 0 Å². The van der Waals surface area contributed by atoms with Crippen LogP contribution in [-0.2, 0) is 4.12 Å². The average Bonchev–Trinajstić information content (AvgIpc) is 2.10. The summed E-state index contributed by atoms with van der Waals surface area (Å²) in [6.07, 6.45) is 2.40. The first-order chi connectivity index (χ1) is 7.45. The summed E-state index contributed by atoms with van der Waals surface area (Å²) in [5.74, 6) is 0. The minimum Gasteiger partial charge on any atom is -0.458 e. The summed E-state index contributed by atoms with van der Waals surface area (Å²) in [7, 11) is -8.32. The highest BCUT2D eigenvalue weighted by Gasteiger charge is 2.58. The molecule has 0 aromatic heterocycles. The van der Waals surface area contributed by atoms with E-state index in [1.165, 1.54) is 12.8 Å². The van der Waals surface area contributed by atoms with Crippen LogP contribution in [0.25, 0.3) is 0 Å². The largest absolute Gasteiger partial charge is 0.458 e. The fourth-order valence-corrected chi connectivity index (χ4v) is 37.2. The van der Waals surface area contributed by atoms with Gasteiger partial charge in [-0.15, -0.1) is 0 Å². The Morgan fingerprint density at radius 3 is 1.71 bits per heavy atom. The Kier molecular flexibility index (Phi) is 6.54. The molecule has 1 unspecified atom stereocenters. The molecule has 0 bridgehead atoms. The predicted octanol–water partition coefficient (Wildman–Crippen LogP) is 2.28. The van der Waals surface area contributed by atoms with E-state index in [0.717, 1.165) is 6.04 Å². The first-order valence-electron chi connectivity index (χ1n) is 6.58. The van der Waals surface area contributed by atoms with Gasteiger partial charge in [-0.1, -0.05) is 19.8 Å². The second kappa shape index (κ2) is 6.26. The fourth-order valence-electron chi connectivity index (χ4n) is 1.99. The molecule has 7 heteroatoms. The molecule has 0 fully saturated rings. The molecule has 104 valence electrons. The first-order valence-corrected chi connectivity index (χ1v) is 19.3. The van der Waals surface area contributed by atoms with Crippen molar-refractivity contribution in [2.45, 2.75) is 65.1 Å². The van der Waals surface area contributed by atoms with Crippen LogP contribution in [0.3, 0.4) is 0 Å². The van der Waals surface area contributed by atoms with Crippen LogP contribution in [0, 0.1) is 0 Å². The zero-order chi connectivity index (χ0) is 13.9. The molecule has 0 rings (SSSR count). The van der Waals surface area contributed by atoms with Crippen LogP contribution in [0.1, 0.15) is 19.8 Å². The van der Waals surface area contributed by atoms with Crippen molar-refractivity contribution in [3.05, 3.63) is 0 Å². The van der Waals surface area contributed by atoms with Gasteiger partial charge in [0.25, 0.3) is 0 Å². The molecule has 0 aliphatic carbocycles. The van der Waals surface area contributed by atoms with Gasteiger partial charge in [-0.25, -0.2) is 0 Å². The molecular weight excluding hydrogens is 280 g/mol. The fraction of sp³-hybridized carbons (Fsp3) is 1.00. The number of hydrogen-bond acceptors (Lipinski definition) is 3. The van der Waals surface area contributed by atoms with Crippen LogP contribution < -0.4 is 0 Å². The Morgan fingerprint density at radius 2 is 1.41 bits per heavy atom. The number of rotatable bonds is 7. The number of hydrogen-bond donors (Lipinski definition) is 2. The minimum absolute atomic E-state index is 1.16.